The monoisotopic (exact) mass is 326 g/mol. The summed E-state index contributed by atoms with van der Waals surface area (Å²) in [6.45, 7) is 3.05. The van der Waals surface area contributed by atoms with E-state index in [2.05, 4.69) is 46.7 Å². The maximum Gasteiger partial charge on any atom is 0.231 e. The molecule has 2 aliphatic rings. The highest BCUT2D eigenvalue weighted by Gasteiger charge is 2.59. The van der Waals surface area contributed by atoms with Crippen LogP contribution in [0.4, 0.5) is 0 Å². The zero-order valence-electron chi connectivity index (χ0n) is 13.4. The van der Waals surface area contributed by atoms with Gasteiger partial charge in [0.15, 0.2) is 0 Å². The number of β-lactam (4-membered cyclic amide) rings is 1. The summed E-state index contributed by atoms with van der Waals surface area (Å²) in [4.78, 5) is 18.5. The largest absolute Gasteiger partial charge is 0.337 e. The van der Waals surface area contributed by atoms with Gasteiger partial charge in [0.25, 0.3) is 0 Å². The Balaban J connectivity index is 1.49. The van der Waals surface area contributed by atoms with Crippen LogP contribution in [0.2, 0.25) is 0 Å². The second kappa shape index (κ2) is 5.77. The SMILES string of the molecule is CN1C(=O)C2(CCN(Cc3cccs3)CC2)[C@@H]1c1ccccc1. The molecule has 0 unspecified atom stereocenters. The van der Waals surface area contributed by atoms with Crippen molar-refractivity contribution in [1.29, 1.82) is 0 Å². The molecular weight excluding hydrogens is 304 g/mol. The molecule has 1 spiro atoms. The quantitative estimate of drug-likeness (QED) is 0.806. The summed E-state index contributed by atoms with van der Waals surface area (Å²) in [5, 5.41) is 2.14. The van der Waals surface area contributed by atoms with Gasteiger partial charge in [-0.05, 0) is 42.9 Å². The van der Waals surface area contributed by atoms with Gasteiger partial charge in [-0.3, -0.25) is 9.69 Å². The van der Waals surface area contributed by atoms with Gasteiger partial charge in [0.2, 0.25) is 5.91 Å². The first-order chi connectivity index (χ1) is 11.2. The van der Waals surface area contributed by atoms with Crippen LogP contribution in [-0.4, -0.2) is 35.8 Å². The van der Waals surface area contributed by atoms with Crippen LogP contribution in [-0.2, 0) is 11.3 Å². The van der Waals surface area contributed by atoms with Crippen molar-refractivity contribution in [2.45, 2.75) is 25.4 Å². The molecule has 2 fully saturated rings. The molecule has 2 aliphatic heterocycles. The Labute approximate surface area is 141 Å². The second-order valence-corrected chi connectivity index (χ2v) is 7.77. The topological polar surface area (TPSA) is 23.6 Å². The van der Waals surface area contributed by atoms with Crippen molar-refractivity contribution in [3.63, 3.8) is 0 Å². The normalized spacial score (nSPS) is 24.0. The smallest absolute Gasteiger partial charge is 0.231 e. The van der Waals surface area contributed by atoms with Gasteiger partial charge in [0, 0.05) is 18.5 Å². The van der Waals surface area contributed by atoms with Gasteiger partial charge in [0.05, 0.1) is 11.5 Å². The predicted molar refractivity (Wildman–Crippen MR) is 93.2 cm³/mol. The Kier molecular flexibility index (Phi) is 3.74. The Hall–Kier alpha value is -1.65. The number of benzene rings is 1. The van der Waals surface area contributed by atoms with Crippen LogP contribution in [0.1, 0.15) is 29.3 Å². The highest BCUT2D eigenvalue weighted by atomic mass is 32.1. The highest BCUT2D eigenvalue weighted by Crippen LogP contribution is 2.55. The van der Waals surface area contributed by atoms with Crippen molar-refractivity contribution >= 4 is 17.2 Å². The average molecular weight is 326 g/mol. The van der Waals surface area contributed by atoms with Crippen LogP contribution in [0.15, 0.2) is 47.8 Å². The third-order valence-corrected chi connectivity index (χ3v) is 6.34. The predicted octanol–water partition coefficient (Wildman–Crippen LogP) is 3.54. The van der Waals surface area contributed by atoms with Crippen LogP contribution < -0.4 is 0 Å². The lowest BCUT2D eigenvalue weighted by Gasteiger charge is -2.58. The van der Waals surface area contributed by atoms with E-state index in [4.69, 9.17) is 0 Å². The lowest BCUT2D eigenvalue weighted by Crippen LogP contribution is -2.64. The van der Waals surface area contributed by atoms with Crippen molar-refractivity contribution in [2.75, 3.05) is 20.1 Å². The zero-order valence-corrected chi connectivity index (χ0v) is 14.3. The lowest BCUT2D eigenvalue weighted by atomic mass is 9.62. The third kappa shape index (κ3) is 2.41. The van der Waals surface area contributed by atoms with Gasteiger partial charge in [-0.1, -0.05) is 36.4 Å². The van der Waals surface area contributed by atoms with E-state index in [9.17, 15) is 4.79 Å². The van der Waals surface area contributed by atoms with Gasteiger partial charge < -0.3 is 4.90 Å². The number of carbonyl (C=O) groups excluding carboxylic acids is 1. The molecule has 1 amide bonds. The van der Waals surface area contributed by atoms with E-state index in [1.165, 1.54) is 10.4 Å². The molecule has 2 saturated heterocycles. The van der Waals surface area contributed by atoms with E-state index in [0.717, 1.165) is 32.5 Å². The number of hydrogen-bond donors (Lipinski definition) is 0. The van der Waals surface area contributed by atoms with E-state index in [0.29, 0.717) is 5.91 Å². The molecule has 120 valence electrons. The van der Waals surface area contributed by atoms with Crippen molar-refractivity contribution in [1.82, 2.24) is 9.80 Å². The fourth-order valence-electron chi connectivity index (χ4n) is 4.29. The van der Waals surface area contributed by atoms with E-state index in [-0.39, 0.29) is 11.5 Å². The van der Waals surface area contributed by atoms with E-state index in [1.54, 1.807) is 0 Å². The first-order valence-corrected chi connectivity index (χ1v) is 9.16. The Morgan fingerprint density at radius 2 is 1.87 bits per heavy atom. The molecule has 0 aliphatic carbocycles. The van der Waals surface area contributed by atoms with Crippen molar-refractivity contribution in [2.24, 2.45) is 5.41 Å². The molecule has 0 radical (unpaired) electrons. The molecule has 1 atom stereocenters. The molecule has 1 aromatic heterocycles. The maximum absolute atomic E-state index is 12.7. The molecule has 3 heterocycles. The molecular formula is C19H22N2OS. The average Bonchev–Trinajstić information content (AvgIpc) is 3.10. The molecule has 2 aromatic rings. The van der Waals surface area contributed by atoms with Gasteiger partial charge in [-0.15, -0.1) is 11.3 Å². The Morgan fingerprint density at radius 3 is 2.52 bits per heavy atom. The number of rotatable bonds is 3. The Bertz CT molecular complexity index is 675. The summed E-state index contributed by atoms with van der Waals surface area (Å²) in [7, 11) is 1.95. The van der Waals surface area contributed by atoms with E-state index < -0.39 is 0 Å². The number of likely N-dealkylation sites (tertiary alicyclic amines) is 2. The van der Waals surface area contributed by atoms with Crippen LogP contribution in [0, 0.1) is 5.41 Å². The van der Waals surface area contributed by atoms with Gasteiger partial charge in [0.1, 0.15) is 0 Å². The fourth-order valence-corrected chi connectivity index (χ4v) is 5.03. The summed E-state index contributed by atoms with van der Waals surface area (Å²) in [6, 6.07) is 15.1. The highest BCUT2D eigenvalue weighted by molar-refractivity contribution is 7.09. The summed E-state index contributed by atoms with van der Waals surface area (Å²) < 4.78 is 0. The van der Waals surface area contributed by atoms with Crippen LogP contribution >= 0.6 is 11.3 Å². The number of carbonyl (C=O) groups is 1. The molecule has 4 heteroatoms. The molecule has 23 heavy (non-hydrogen) atoms. The molecule has 0 N–H and O–H groups in total. The minimum absolute atomic E-state index is 0.165. The number of nitrogens with zero attached hydrogens (tertiary/aromatic N) is 2. The van der Waals surface area contributed by atoms with Crippen molar-refractivity contribution in [3.8, 4) is 0 Å². The minimum atomic E-state index is -0.165. The summed E-state index contributed by atoms with van der Waals surface area (Å²) in [6.07, 6.45) is 1.95. The van der Waals surface area contributed by atoms with E-state index in [1.807, 2.05) is 29.4 Å². The molecule has 4 rings (SSSR count). The molecule has 3 nitrogen and oxygen atoms in total. The molecule has 0 bridgehead atoms. The lowest BCUT2D eigenvalue weighted by molar-refractivity contribution is -0.176. The molecule has 1 aromatic carbocycles. The number of piperidine rings is 1. The van der Waals surface area contributed by atoms with Crippen LogP contribution in [0.3, 0.4) is 0 Å². The summed E-state index contributed by atoms with van der Waals surface area (Å²) in [5.74, 6) is 0.335. The maximum atomic E-state index is 12.7. The second-order valence-electron chi connectivity index (χ2n) is 6.74. The van der Waals surface area contributed by atoms with Gasteiger partial charge >= 0.3 is 0 Å². The summed E-state index contributed by atoms with van der Waals surface area (Å²) >= 11 is 1.82. The first-order valence-electron chi connectivity index (χ1n) is 8.28. The summed E-state index contributed by atoms with van der Waals surface area (Å²) in [5.41, 5.74) is 1.11. The van der Waals surface area contributed by atoms with Crippen molar-refractivity contribution in [3.05, 3.63) is 58.3 Å². The third-order valence-electron chi connectivity index (χ3n) is 5.48. The number of amides is 1. The standard InChI is InChI=1S/C19H22N2OS/c1-20-17(15-6-3-2-4-7-15)19(18(20)22)9-11-21(12-10-19)14-16-8-5-13-23-16/h2-8,13,17H,9-12,14H2,1H3/t17-/m0/s1. The fraction of sp³-hybridized carbons (Fsp3) is 0.421. The van der Waals surface area contributed by atoms with Gasteiger partial charge in [-0.2, -0.15) is 0 Å². The van der Waals surface area contributed by atoms with Crippen LogP contribution in [0.25, 0.3) is 0 Å². The molecule has 0 saturated carbocycles. The Morgan fingerprint density at radius 1 is 1.13 bits per heavy atom. The van der Waals surface area contributed by atoms with Gasteiger partial charge in [-0.25, -0.2) is 0 Å². The van der Waals surface area contributed by atoms with E-state index >= 15 is 0 Å². The van der Waals surface area contributed by atoms with Crippen LogP contribution in [0.5, 0.6) is 0 Å². The number of thiophene rings is 1. The number of hydrogen-bond acceptors (Lipinski definition) is 3. The minimum Gasteiger partial charge on any atom is -0.337 e. The first kappa shape index (κ1) is 14.9. The van der Waals surface area contributed by atoms with Crippen molar-refractivity contribution < 1.29 is 4.79 Å². The zero-order chi connectivity index (χ0) is 15.9.